The maximum atomic E-state index is 14.0. The summed E-state index contributed by atoms with van der Waals surface area (Å²) in [6.45, 7) is 7.25. The zero-order valence-electron chi connectivity index (χ0n) is 51.9. The average molecular weight is 1310 g/mol. The Hall–Kier alpha value is -9.62. The van der Waals surface area contributed by atoms with E-state index >= 15 is 0 Å². The highest BCUT2D eigenvalue weighted by molar-refractivity contribution is 6.00. The number of hydrogen-bond donors (Lipinski definition) is 21. The van der Waals surface area contributed by atoms with Crippen molar-refractivity contribution in [3.63, 3.8) is 0 Å². The van der Waals surface area contributed by atoms with Gasteiger partial charge in [0.1, 0.15) is 66.5 Å². The molecule has 1 rings (SSSR count). The largest absolute Gasteiger partial charge is 0.481 e. The number of primary amides is 1. The van der Waals surface area contributed by atoms with Crippen molar-refractivity contribution in [3.05, 3.63) is 35.9 Å². The molecule has 0 bridgehead atoms. The summed E-state index contributed by atoms with van der Waals surface area (Å²) in [5.41, 5.74) is 21.9. The van der Waals surface area contributed by atoms with Gasteiger partial charge in [-0.3, -0.25) is 72.1 Å². The summed E-state index contributed by atoms with van der Waals surface area (Å²) in [6.07, 6.45) is -3.44. The van der Waals surface area contributed by atoms with Crippen LogP contribution in [-0.2, 0) is 78.3 Å². The lowest BCUT2D eigenvalue weighted by atomic mass is 9.99. The van der Waals surface area contributed by atoms with Crippen LogP contribution in [0.4, 0.5) is 0 Å². The molecule has 0 aliphatic heterocycles. The van der Waals surface area contributed by atoms with Gasteiger partial charge in [0.2, 0.25) is 70.9 Å². The highest BCUT2D eigenvalue weighted by Gasteiger charge is 2.38. The fraction of sp³-hybridized carbons (Fsp3) is 0.600. The first-order valence-corrected chi connectivity index (χ1v) is 28.9. The Bertz CT molecular complexity index is 2790. The number of carbonyl (C=O) groups excluding carboxylic acids is 12. The minimum absolute atomic E-state index is 0.0158. The molecule has 0 saturated carbocycles. The number of amides is 12. The fourth-order valence-electron chi connectivity index (χ4n) is 8.33. The second-order valence-electron chi connectivity index (χ2n) is 22.3. The molecule has 1 aromatic rings. The smallest absolute Gasteiger partial charge is 0.326 e. The molecule has 37 heteroatoms. The monoisotopic (exact) mass is 1310 g/mol. The second kappa shape index (κ2) is 40.2. The van der Waals surface area contributed by atoms with Crippen LogP contribution in [0.3, 0.4) is 0 Å². The lowest BCUT2D eigenvalue weighted by molar-refractivity contribution is -0.143. The zero-order chi connectivity index (χ0) is 70.3. The first-order valence-electron chi connectivity index (χ1n) is 28.9. The predicted molar refractivity (Wildman–Crippen MR) is 321 cm³/mol. The summed E-state index contributed by atoms with van der Waals surface area (Å²) in [4.78, 5) is 199. The van der Waals surface area contributed by atoms with Gasteiger partial charge in [0.15, 0.2) is 5.96 Å². The molecular weight excluding hydrogens is 1220 g/mol. The van der Waals surface area contributed by atoms with Crippen LogP contribution in [0.5, 0.6) is 0 Å². The Morgan fingerprint density at radius 3 is 1.24 bits per heavy atom. The molecule has 514 valence electrons. The molecule has 1 aromatic carbocycles. The maximum absolute atomic E-state index is 14.0. The molecule has 0 saturated heterocycles. The third-order valence-electron chi connectivity index (χ3n) is 13.3. The summed E-state index contributed by atoms with van der Waals surface area (Å²) >= 11 is 0. The van der Waals surface area contributed by atoms with Gasteiger partial charge in [-0.2, -0.15) is 0 Å². The van der Waals surface area contributed by atoms with Gasteiger partial charge in [0, 0.05) is 13.0 Å². The number of hydrogen-bond acceptors (Lipinski definition) is 20. The molecular formula is C55H88N16O21. The molecule has 12 atom stereocenters. The summed E-state index contributed by atoms with van der Waals surface area (Å²) in [5, 5.41) is 83.9. The molecule has 0 radical (unpaired) electrons. The van der Waals surface area contributed by atoms with Crippen LogP contribution in [0.2, 0.25) is 0 Å². The van der Waals surface area contributed by atoms with E-state index in [1.54, 1.807) is 58.0 Å². The molecule has 0 aromatic heterocycles. The van der Waals surface area contributed by atoms with E-state index in [1.165, 1.54) is 20.8 Å². The van der Waals surface area contributed by atoms with Crippen LogP contribution in [-0.4, -0.2) is 224 Å². The summed E-state index contributed by atoms with van der Waals surface area (Å²) in [6, 6.07) is -12.3. The molecule has 0 unspecified atom stereocenters. The predicted octanol–water partition coefficient (Wildman–Crippen LogP) is -8.79. The van der Waals surface area contributed by atoms with E-state index in [9.17, 15) is 97.5 Å². The third-order valence-corrected chi connectivity index (χ3v) is 13.3. The fourth-order valence-corrected chi connectivity index (χ4v) is 8.33. The number of benzene rings is 1. The van der Waals surface area contributed by atoms with Crippen LogP contribution in [0.15, 0.2) is 35.3 Å². The van der Waals surface area contributed by atoms with Crippen LogP contribution in [0.25, 0.3) is 0 Å². The quantitative estimate of drug-likeness (QED) is 0.0164. The molecule has 12 amide bonds. The number of carbonyl (C=O) groups is 15. The Labute approximate surface area is 528 Å². The van der Waals surface area contributed by atoms with E-state index in [-0.39, 0.29) is 44.1 Å². The zero-order valence-corrected chi connectivity index (χ0v) is 51.9. The van der Waals surface area contributed by atoms with E-state index in [0.717, 1.165) is 0 Å². The van der Waals surface area contributed by atoms with Crippen molar-refractivity contribution >= 4 is 94.8 Å². The SMILES string of the molecule is CC(C)C[C@H](NC(=O)[C@@H](NC(=O)[C@@H](N)CC(=O)O)C(C)C)C(=O)N[C@@H](CO)C(=O)N[C@H](C(=O)N[C@@H](C)C(=O)N[C@@H](Cc1ccccc1)C(=O)N[C@@H](CO)C(=O)N[C@@H](CO)C(=O)N[C@@H](CC(=O)O)C(=O)N[C@@H](CC(N)=O)C(=O)N[C@@H](CCCN=C(N)N)C(=O)O)C(C)C. The normalized spacial score (nSPS) is 15.0. The number of aliphatic hydroxyl groups excluding tert-OH is 3. The van der Waals surface area contributed by atoms with E-state index in [1.807, 2.05) is 16.0 Å². The number of aliphatic imine (C=N–C) groups is 1. The van der Waals surface area contributed by atoms with Crippen LogP contribution in [0, 0.1) is 17.8 Å². The van der Waals surface area contributed by atoms with E-state index < -0.39 is 212 Å². The minimum Gasteiger partial charge on any atom is -0.481 e. The number of rotatable bonds is 42. The molecule has 25 N–H and O–H groups in total. The van der Waals surface area contributed by atoms with Gasteiger partial charge in [-0.15, -0.1) is 0 Å². The number of nitrogens with two attached hydrogens (primary N) is 4. The highest BCUT2D eigenvalue weighted by Crippen LogP contribution is 2.12. The lowest BCUT2D eigenvalue weighted by Gasteiger charge is -2.29. The maximum Gasteiger partial charge on any atom is 0.326 e. The van der Waals surface area contributed by atoms with Crippen molar-refractivity contribution in [2.45, 2.75) is 166 Å². The van der Waals surface area contributed by atoms with Gasteiger partial charge in [0.05, 0.1) is 45.1 Å². The van der Waals surface area contributed by atoms with Gasteiger partial charge in [-0.1, -0.05) is 71.9 Å². The number of nitrogens with one attached hydrogen (secondary N) is 11. The topological polar surface area (TPSA) is 626 Å². The highest BCUT2D eigenvalue weighted by atomic mass is 16.4. The Balaban J connectivity index is 3.31. The van der Waals surface area contributed by atoms with Gasteiger partial charge in [-0.05, 0) is 49.5 Å². The molecule has 0 heterocycles. The molecule has 0 aliphatic rings. The van der Waals surface area contributed by atoms with Crippen molar-refractivity contribution < 1.29 is 103 Å². The number of aliphatic carboxylic acids is 3. The Kier molecular flexibility index (Phi) is 35.1. The number of guanidine groups is 1. The molecule has 92 heavy (non-hydrogen) atoms. The molecule has 37 nitrogen and oxygen atoms in total. The first kappa shape index (κ1) is 80.4. The number of aliphatic hydroxyl groups is 3. The van der Waals surface area contributed by atoms with Crippen LogP contribution >= 0.6 is 0 Å². The van der Waals surface area contributed by atoms with Crippen molar-refractivity contribution in [3.8, 4) is 0 Å². The van der Waals surface area contributed by atoms with Gasteiger partial charge >= 0.3 is 17.9 Å². The average Bonchev–Trinajstić information content (AvgIpc) is 1.10. The van der Waals surface area contributed by atoms with E-state index in [2.05, 4.69) is 47.5 Å². The van der Waals surface area contributed by atoms with Crippen LogP contribution in [0.1, 0.15) is 92.6 Å². The second-order valence-corrected chi connectivity index (χ2v) is 22.3. The van der Waals surface area contributed by atoms with E-state index in [4.69, 9.17) is 28.0 Å². The Morgan fingerprint density at radius 1 is 0.435 bits per heavy atom. The number of carboxylic acid groups (broad SMARTS) is 3. The van der Waals surface area contributed by atoms with Gasteiger partial charge in [0.25, 0.3) is 0 Å². The summed E-state index contributed by atoms with van der Waals surface area (Å²) in [5.74, 6) is -20.2. The number of nitrogens with zero attached hydrogens (tertiary/aromatic N) is 1. The standard InChI is InChI=1S/C55H88N16O21/c1-24(2)16-31(66-53(90)42(26(5)6)70-44(81)29(56)18-39(76)77)45(82)68-37(23-74)51(88)71-41(25(3)4)52(89)61-27(7)43(80)63-32(17-28-12-9-8-10-13-28)46(83)67-36(22-73)50(87)69-35(21-72)49(86)65-34(20-40(78)79)48(85)64-33(19-38(57)75)47(84)62-30(54(91)92)14-11-15-60-55(58)59/h8-10,12-13,24-27,29-37,41-42,72-74H,11,14-23,56H2,1-7H3,(H2,57,75)(H,61,89)(H,62,84)(H,63,80)(H,64,85)(H,65,86)(H,66,90)(H,67,83)(H,68,82)(H,69,87)(H,70,81)(H,71,88)(H,76,77)(H,78,79)(H,91,92)(H4,58,59,60)/t27-,29-,30-,31-,32-,33-,34-,35-,36-,37-,41-,42-/m0/s1. The summed E-state index contributed by atoms with van der Waals surface area (Å²) in [7, 11) is 0. The third kappa shape index (κ3) is 29.3. The minimum atomic E-state index is -2.13. The van der Waals surface area contributed by atoms with Gasteiger partial charge < -0.3 is 112 Å². The van der Waals surface area contributed by atoms with Gasteiger partial charge in [-0.25, -0.2) is 4.79 Å². The molecule has 0 aliphatic carbocycles. The van der Waals surface area contributed by atoms with Crippen molar-refractivity contribution in [2.75, 3.05) is 26.4 Å². The van der Waals surface area contributed by atoms with Crippen LogP contribution < -0.4 is 81.4 Å². The number of carboxylic acids is 3. The summed E-state index contributed by atoms with van der Waals surface area (Å²) < 4.78 is 0. The van der Waals surface area contributed by atoms with Crippen molar-refractivity contribution in [1.29, 1.82) is 0 Å². The van der Waals surface area contributed by atoms with Crippen molar-refractivity contribution in [1.82, 2.24) is 58.5 Å². The first-order chi connectivity index (χ1) is 43.0. The Morgan fingerprint density at radius 2 is 0.815 bits per heavy atom. The lowest BCUT2D eigenvalue weighted by Crippen LogP contribution is -2.62. The molecule has 0 fully saturated rings. The van der Waals surface area contributed by atoms with Crippen molar-refractivity contribution in [2.24, 2.45) is 45.7 Å². The van der Waals surface area contributed by atoms with E-state index in [0.29, 0.717) is 5.56 Å². The molecule has 0 spiro atoms.